The maximum atomic E-state index is 12.4. The molecule has 35 heavy (non-hydrogen) atoms. The average molecular weight is 471 g/mol. The minimum Gasteiger partial charge on any atom is -0.493 e. The molecular formula is C28H26N2O5. The Balaban J connectivity index is 1.64. The molecule has 0 fully saturated rings. The first-order chi connectivity index (χ1) is 16.9. The van der Waals surface area contributed by atoms with Crippen LogP contribution in [0.2, 0.25) is 0 Å². The van der Waals surface area contributed by atoms with E-state index in [1.165, 1.54) is 19.3 Å². The van der Waals surface area contributed by atoms with Gasteiger partial charge in [0.05, 0.1) is 7.11 Å². The minimum atomic E-state index is -0.595. The van der Waals surface area contributed by atoms with E-state index in [0.717, 1.165) is 16.7 Å². The number of nitrogens with zero attached hydrogens (tertiary/aromatic N) is 1. The van der Waals surface area contributed by atoms with Gasteiger partial charge in [-0.15, -0.1) is 0 Å². The second-order valence-electron chi connectivity index (χ2n) is 7.76. The van der Waals surface area contributed by atoms with Crippen LogP contribution in [0.3, 0.4) is 0 Å². The number of amides is 1. The average Bonchev–Trinajstić information content (AvgIpc) is 2.87. The molecule has 0 aliphatic carbocycles. The Kier molecular flexibility index (Phi) is 8.63. The van der Waals surface area contributed by atoms with Crippen LogP contribution in [0.5, 0.6) is 17.2 Å². The van der Waals surface area contributed by atoms with Crippen molar-refractivity contribution in [1.29, 1.82) is 5.26 Å². The lowest BCUT2D eigenvalue weighted by Gasteiger charge is -2.11. The summed E-state index contributed by atoms with van der Waals surface area (Å²) >= 11 is 0. The number of hydrogen-bond donors (Lipinski definition) is 1. The first kappa shape index (κ1) is 25.1. The highest BCUT2D eigenvalue weighted by Gasteiger charge is 2.14. The maximum absolute atomic E-state index is 12.4. The van der Waals surface area contributed by atoms with Crippen molar-refractivity contribution in [3.63, 3.8) is 0 Å². The summed E-state index contributed by atoms with van der Waals surface area (Å²) in [5.74, 6) is -0.0325. The Morgan fingerprint density at radius 1 is 0.971 bits per heavy atom. The summed E-state index contributed by atoms with van der Waals surface area (Å²) in [6, 6.07) is 21.6. The molecular weight excluding hydrogens is 444 g/mol. The van der Waals surface area contributed by atoms with Crippen LogP contribution in [0.25, 0.3) is 6.08 Å². The molecule has 0 aromatic heterocycles. The van der Waals surface area contributed by atoms with Crippen molar-refractivity contribution in [3.05, 3.63) is 94.6 Å². The predicted molar refractivity (Wildman–Crippen MR) is 132 cm³/mol. The summed E-state index contributed by atoms with van der Waals surface area (Å²) in [4.78, 5) is 24.7. The number of aryl methyl sites for hydroxylation is 2. The second kappa shape index (κ2) is 12.1. The van der Waals surface area contributed by atoms with Gasteiger partial charge in [0, 0.05) is 6.54 Å². The van der Waals surface area contributed by atoms with Crippen LogP contribution in [0.15, 0.2) is 72.3 Å². The van der Waals surface area contributed by atoms with E-state index in [2.05, 4.69) is 5.32 Å². The number of nitrogens with one attached hydrogen (secondary N) is 1. The van der Waals surface area contributed by atoms with Crippen LogP contribution < -0.4 is 19.5 Å². The molecule has 1 amide bonds. The fraction of sp³-hybridized carbons (Fsp3) is 0.179. The number of rotatable bonds is 9. The SMILES string of the molecule is COc1cc(/C=C(\C#N)C(=O)NCc2ccccc2)ccc1OC(=O)COc1ccc(C)c(C)c1. The molecule has 0 spiro atoms. The highest BCUT2D eigenvalue weighted by Crippen LogP contribution is 2.29. The zero-order valence-electron chi connectivity index (χ0n) is 19.8. The summed E-state index contributed by atoms with van der Waals surface area (Å²) < 4.78 is 16.2. The van der Waals surface area contributed by atoms with E-state index < -0.39 is 11.9 Å². The molecule has 3 rings (SSSR count). The third-order valence-corrected chi connectivity index (χ3v) is 5.22. The van der Waals surface area contributed by atoms with Gasteiger partial charge in [-0.3, -0.25) is 4.79 Å². The molecule has 7 heteroatoms. The standard InChI is InChI=1S/C28H26N2O5/c1-19-9-11-24(13-20(19)2)34-18-27(31)35-25-12-10-22(15-26(25)33-3)14-23(16-29)28(32)30-17-21-7-5-4-6-8-21/h4-15H,17-18H2,1-3H3,(H,30,32)/b23-14+. The molecule has 0 unspecified atom stereocenters. The molecule has 1 N–H and O–H groups in total. The fourth-order valence-corrected chi connectivity index (χ4v) is 3.15. The van der Waals surface area contributed by atoms with Gasteiger partial charge >= 0.3 is 5.97 Å². The van der Waals surface area contributed by atoms with Gasteiger partial charge in [0.15, 0.2) is 18.1 Å². The summed E-state index contributed by atoms with van der Waals surface area (Å²) in [6.07, 6.45) is 1.44. The molecule has 7 nitrogen and oxygen atoms in total. The van der Waals surface area contributed by atoms with E-state index >= 15 is 0 Å². The number of carbonyl (C=O) groups excluding carboxylic acids is 2. The Labute approximate surface area is 204 Å². The van der Waals surface area contributed by atoms with Crippen LogP contribution in [-0.2, 0) is 16.1 Å². The number of benzene rings is 3. The topological polar surface area (TPSA) is 97.6 Å². The van der Waals surface area contributed by atoms with Crippen molar-refractivity contribution in [1.82, 2.24) is 5.32 Å². The third kappa shape index (κ3) is 7.21. The van der Waals surface area contributed by atoms with Crippen molar-refractivity contribution in [2.45, 2.75) is 20.4 Å². The van der Waals surface area contributed by atoms with Crippen molar-refractivity contribution in [2.75, 3.05) is 13.7 Å². The van der Waals surface area contributed by atoms with Crippen LogP contribution >= 0.6 is 0 Å². The van der Waals surface area contributed by atoms with Gasteiger partial charge in [-0.25, -0.2) is 4.79 Å². The molecule has 3 aromatic rings. The van der Waals surface area contributed by atoms with Crippen molar-refractivity contribution in [3.8, 4) is 23.3 Å². The second-order valence-corrected chi connectivity index (χ2v) is 7.76. The molecule has 0 aliphatic rings. The molecule has 178 valence electrons. The van der Waals surface area contributed by atoms with Crippen LogP contribution in [0.1, 0.15) is 22.3 Å². The van der Waals surface area contributed by atoms with Crippen molar-refractivity contribution < 1.29 is 23.8 Å². The number of ether oxygens (including phenoxy) is 3. The molecule has 3 aromatic carbocycles. The van der Waals surface area contributed by atoms with E-state index in [1.807, 2.05) is 62.4 Å². The smallest absolute Gasteiger partial charge is 0.349 e. The maximum Gasteiger partial charge on any atom is 0.349 e. The van der Waals surface area contributed by atoms with E-state index in [-0.39, 0.29) is 23.7 Å². The van der Waals surface area contributed by atoms with E-state index in [1.54, 1.807) is 18.2 Å². The molecule has 0 heterocycles. The zero-order valence-corrected chi connectivity index (χ0v) is 19.8. The van der Waals surface area contributed by atoms with E-state index in [9.17, 15) is 14.9 Å². The highest BCUT2D eigenvalue weighted by molar-refractivity contribution is 6.01. The molecule has 0 saturated carbocycles. The number of esters is 1. The Morgan fingerprint density at radius 2 is 1.74 bits per heavy atom. The normalized spacial score (nSPS) is 10.7. The first-order valence-corrected chi connectivity index (χ1v) is 10.9. The highest BCUT2D eigenvalue weighted by atomic mass is 16.6. The number of methoxy groups -OCH3 is 1. The minimum absolute atomic E-state index is 0.0606. The van der Waals surface area contributed by atoms with Crippen LogP contribution in [0, 0.1) is 25.2 Å². The Morgan fingerprint density at radius 3 is 2.43 bits per heavy atom. The van der Waals surface area contributed by atoms with Gasteiger partial charge in [-0.1, -0.05) is 42.5 Å². The molecule has 0 aliphatic heterocycles. The van der Waals surface area contributed by atoms with Gasteiger partial charge in [0.1, 0.15) is 17.4 Å². The van der Waals surface area contributed by atoms with Crippen LogP contribution in [-0.4, -0.2) is 25.6 Å². The molecule has 0 saturated heterocycles. The monoisotopic (exact) mass is 470 g/mol. The lowest BCUT2D eigenvalue weighted by atomic mass is 10.1. The summed E-state index contributed by atoms with van der Waals surface area (Å²) in [5.41, 5.74) is 3.60. The molecule has 0 radical (unpaired) electrons. The third-order valence-electron chi connectivity index (χ3n) is 5.22. The molecule has 0 atom stereocenters. The zero-order chi connectivity index (χ0) is 25.2. The predicted octanol–water partition coefficient (Wildman–Crippen LogP) is 4.52. The number of nitriles is 1. The number of carbonyl (C=O) groups is 2. The summed E-state index contributed by atoms with van der Waals surface area (Å²) in [6.45, 7) is 4.00. The lowest BCUT2D eigenvalue weighted by molar-refractivity contribution is -0.136. The quantitative estimate of drug-likeness (QED) is 0.214. The number of hydrogen-bond acceptors (Lipinski definition) is 6. The lowest BCUT2D eigenvalue weighted by Crippen LogP contribution is -2.23. The van der Waals surface area contributed by atoms with Crippen molar-refractivity contribution in [2.24, 2.45) is 0 Å². The van der Waals surface area contributed by atoms with Gasteiger partial charge < -0.3 is 19.5 Å². The van der Waals surface area contributed by atoms with E-state index in [4.69, 9.17) is 14.2 Å². The first-order valence-electron chi connectivity index (χ1n) is 10.9. The Bertz CT molecular complexity index is 1280. The van der Waals surface area contributed by atoms with Gasteiger partial charge in [0.2, 0.25) is 0 Å². The van der Waals surface area contributed by atoms with Gasteiger partial charge in [-0.2, -0.15) is 5.26 Å². The summed E-state index contributed by atoms with van der Waals surface area (Å²) in [5, 5.41) is 12.2. The van der Waals surface area contributed by atoms with Gasteiger partial charge in [0.25, 0.3) is 5.91 Å². The fourth-order valence-electron chi connectivity index (χ4n) is 3.15. The van der Waals surface area contributed by atoms with E-state index in [0.29, 0.717) is 17.9 Å². The molecule has 0 bridgehead atoms. The van der Waals surface area contributed by atoms with Gasteiger partial charge in [-0.05, 0) is 66.4 Å². The van der Waals surface area contributed by atoms with Crippen LogP contribution in [0.4, 0.5) is 0 Å². The summed E-state index contributed by atoms with van der Waals surface area (Å²) in [7, 11) is 1.43. The largest absolute Gasteiger partial charge is 0.493 e. The van der Waals surface area contributed by atoms with Crippen molar-refractivity contribution >= 4 is 18.0 Å². The Hall–Kier alpha value is -4.57.